The summed E-state index contributed by atoms with van der Waals surface area (Å²) in [6.45, 7) is 0. The predicted molar refractivity (Wildman–Crippen MR) is 190 cm³/mol. The first-order valence-electron chi connectivity index (χ1n) is 15.3. The molecular formula is C44H28. The third-order valence-electron chi connectivity index (χ3n) is 9.21. The zero-order valence-electron chi connectivity index (χ0n) is 24.2. The van der Waals surface area contributed by atoms with Crippen LogP contribution < -0.4 is 0 Å². The van der Waals surface area contributed by atoms with Crippen LogP contribution in [-0.2, 0) is 0 Å². The van der Waals surface area contributed by atoms with Crippen molar-refractivity contribution < 1.29 is 0 Å². The summed E-state index contributed by atoms with van der Waals surface area (Å²) < 4.78 is 0. The third kappa shape index (κ3) is 3.85. The molecule has 9 rings (SSSR count). The summed E-state index contributed by atoms with van der Waals surface area (Å²) in [5.74, 6) is 0. The van der Waals surface area contributed by atoms with Gasteiger partial charge in [-0.15, -0.1) is 0 Å². The quantitative estimate of drug-likeness (QED) is 0.150. The van der Waals surface area contributed by atoms with Gasteiger partial charge >= 0.3 is 0 Å². The minimum Gasteiger partial charge on any atom is -0.0622 e. The van der Waals surface area contributed by atoms with Crippen molar-refractivity contribution >= 4 is 53.9 Å². The first kappa shape index (κ1) is 24.8. The van der Waals surface area contributed by atoms with E-state index in [0.29, 0.717) is 0 Å². The van der Waals surface area contributed by atoms with Gasteiger partial charge in [-0.1, -0.05) is 152 Å². The summed E-state index contributed by atoms with van der Waals surface area (Å²) in [6, 6.07) is 62.4. The second kappa shape index (κ2) is 9.93. The molecule has 0 amide bonds. The molecule has 0 heteroatoms. The van der Waals surface area contributed by atoms with Crippen LogP contribution in [-0.4, -0.2) is 0 Å². The fraction of sp³-hybridized carbons (Fsp3) is 0. The molecule has 204 valence electrons. The van der Waals surface area contributed by atoms with Crippen molar-refractivity contribution in [2.45, 2.75) is 0 Å². The highest BCUT2D eigenvalue weighted by molar-refractivity contribution is 6.25. The molecule has 44 heavy (non-hydrogen) atoms. The van der Waals surface area contributed by atoms with Crippen LogP contribution in [0.3, 0.4) is 0 Å². The lowest BCUT2D eigenvalue weighted by atomic mass is 9.83. The van der Waals surface area contributed by atoms with Crippen LogP contribution >= 0.6 is 0 Å². The van der Waals surface area contributed by atoms with E-state index in [9.17, 15) is 0 Å². The summed E-state index contributed by atoms with van der Waals surface area (Å²) in [6.07, 6.45) is 0. The Kier molecular flexibility index (Phi) is 5.61. The third-order valence-corrected chi connectivity index (χ3v) is 9.21. The Morgan fingerprint density at radius 3 is 1.48 bits per heavy atom. The summed E-state index contributed by atoms with van der Waals surface area (Å²) in [5.41, 5.74) is 7.56. The molecule has 9 aromatic rings. The van der Waals surface area contributed by atoms with Crippen LogP contribution in [0.2, 0.25) is 0 Å². The average Bonchev–Trinajstić information content (AvgIpc) is 3.10. The van der Waals surface area contributed by atoms with Crippen molar-refractivity contribution in [1.29, 1.82) is 0 Å². The molecule has 0 radical (unpaired) electrons. The summed E-state index contributed by atoms with van der Waals surface area (Å²) >= 11 is 0. The molecule has 0 atom stereocenters. The molecule has 0 heterocycles. The second-order valence-corrected chi connectivity index (χ2v) is 11.7. The Morgan fingerprint density at radius 1 is 0.227 bits per heavy atom. The van der Waals surface area contributed by atoms with Gasteiger partial charge in [-0.3, -0.25) is 0 Å². The van der Waals surface area contributed by atoms with Gasteiger partial charge in [0.05, 0.1) is 0 Å². The molecule has 0 fully saturated rings. The van der Waals surface area contributed by atoms with E-state index in [1.807, 2.05) is 0 Å². The van der Waals surface area contributed by atoms with E-state index in [4.69, 9.17) is 0 Å². The molecule has 0 spiro atoms. The highest BCUT2D eigenvalue weighted by atomic mass is 14.2. The molecule has 0 saturated heterocycles. The molecule has 0 bridgehead atoms. The van der Waals surface area contributed by atoms with Gasteiger partial charge in [0.1, 0.15) is 0 Å². The topological polar surface area (TPSA) is 0 Å². The van der Waals surface area contributed by atoms with Crippen molar-refractivity contribution in [3.8, 4) is 33.4 Å². The maximum absolute atomic E-state index is 2.43. The van der Waals surface area contributed by atoms with E-state index >= 15 is 0 Å². The van der Waals surface area contributed by atoms with Crippen LogP contribution in [0.5, 0.6) is 0 Å². The Labute approximate surface area is 256 Å². The van der Waals surface area contributed by atoms with Crippen LogP contribution in [0, 0.1) is 0 Å². The first-order chi connectivity index (χ1) is 21.8. The van der Waals surface area contributed by atoms with E-state index in [2.05, 4.69) is 170 Å². The molecule has 0 aliphatic carbocycles. The lowest BCUT2D eigenvalue weighted by Crippen LogP contribution is -1.93. The smallest absolute Gasteiger partial charge is 0.00199 e. The van der Waals surface area contributed by atoms with Gasteiger partial charge in [0, 0.05) is 0 Å². The fourth-order valence-electron chi connectivity index (χ4n) is 7.19. The molecule has 0 aliphatic heterocycles. The minimum absolute atomic E-state index is 1.23. The molecule has 0 aromatic heterocycles. The predicted octanol–water partition coefficient (Wildman–Crippen LogP) is 12.5. The lowest BCUT2D eigenvalue weighted by Gasteiger charge is -2.20. The van der Waals surface area contributed by atoms with Crippen LogP contribution in [0.4, 0.5) is 0 Å². The van der Waals surface area contributed by atoms with E-state index in [1.165, 1.54) is 87.2 Å². The fourth-order valence-corrected chi connectivity index (χ4v) is 7.19. The van der Waals surface area contributed by atoms with E-state index in [-0.39, 0.29) is 0 Å². The average molecular weight is 557 g/mol. The standard InChI is InChI=1S/C44H28/c1-2-14-31(15-3-1)43-37-18-8-10-20-39(37)44(40-21-11-9-19-38(40)43)42-28-34(33-23-22-29-12-4-5-16-32(29)26-33)27-41-35-17-7-6-13-30(35)24-25-36(41)42/h1-28H. The van der Waals surface area contributed by atoms with Gasteiger partial charge in [-0.2, -0.15) is 0 Å². The molecule has 0 unspecified atom stereocenters. The summed E-state index contributed by atoms with van der Waals surface area (Å²) in [4.78, 5) is 0. The molecule has 9 aromatic carbocycles. The number of benzene rings is 9. The summed E-state index contributed by atoms with van der Waals surface area (Å²) in [5, 5.41) is 12.7. The highest BCUT2D eigenvalue weighted by Gasteiger charge is 2.19. The monoisotopic (exact) mass is 556 g/mol. The summed E-state index contributed by atoms with van der Waals surface area (Å²) in [7, 11) is 0. The molecular weight excluding hydrogens is 528 g/mol. The Hall–Kier alpha value is -5.72. The molecule has 0 N–H and O–H groups in total. The van der Waals surface area contributed by atoms with Crippen molar-refractivity contribution in [2.75, 3.05) is 0 Å². The van der Waals surface area contributed by atoms with Gasteiger partial charge in [0.25, 0.3) is 0 Å². The molecule has 0 aliphatic rings. The number of hydrogen-bond donors (Lipinski definition) is 0. The maximum Gasteiger partial charge on any atom is -0.00199 e. The Morgan fingerprint density at radius 2 is 0.773 bits per heavy atom. The zero-order valence-corrected chi connectivity index (χ0v) is 24.2. The maximum atomic E-state index is 2.43. The van der Waals surface area contributed by atoms with E-state index < -0.39 is 0 Å². The second-order valence-electron chi connectivity index (χ2n) is 11.7. The lowest BCUT2D eigenvalue weighted by molar-refractivity contribution is 1.65. The van der Waals surface area contributed by atoms with Gasteiger partial charge in [-0.25, -0.2) is 0 Å². The first-order valence-corrected chi connectivity index (χ1v) is 15.3. The van der Waals surface area contributed by atoms with Crippen molar-refractivity contribution in [3.63, 3.8) is 0 Å². The Bertz CT molecular complexity index is 2480. The van der Waals surface area contributed by atoms with E-state index in [0.717, 1.165) is 0 Å². The number of fused-ring (bicyclic) bond motifs is 6. The van der Waals surface area contributed by atoms with Crippen molar-refractivity contribution in [2.24, 2.45) is 0 Å². The van der Waals surface area contributed by atoms with Crippen LogP contribution in [0.1, 0.15) is 0 Å². The van der Waals surface area contributed by atoms with Gasteiger partial charge < -0.3 is 0 Å². The molecule has 0 nitrogen and oxygen atoms in total. The van der Waals surface area contributed by atoms with Gasteiger partial charge in [0.15, 0.2) is 0 Å². The van der Waals surface area contributed by atoms with Gasteiger partial charge in [-0.05, 0) is 105 Å². The van der Waals surface area contributed by atoms with E-state index in [1.54, 1.807) is 0 Å². The van der Waals surface area contributed by atoms with Gasteiger partial charge in [0.2, 0.25) is 0 Å². The zero-order chi connectivity index (χ0) is 29.0. The van der Waals surface area contributed by atoms with Crippen LogP contribution in [0.15, 0.2) is 170 Å². The van der Waals surface area contributed by atoms with Crippen molar-refractivity contribution in [1.82, 2.24) is 0 Å². The number of rotatable bonds is 3. The number of hydrogen-bond acceptors (Lipinski definition) is 0. The normalized spacial score (nSPS) is 11.6. The van der Waals surface area contributed by atoms with Crippen molar-refractivity contribution in [3.05, 3.63) is 170 Å². The largest absolute Gasteiger partial charge is 0.0622 e. The SMILES string of the molecule is c1ccc(-c2c3ccccc3c(-c3cc(-c4ccc5ccccc5c4)cc4c3ccc3ccccc34)c3ccccc23)cc1. The Balaban J connectivity index is 1.45. The minimum atomic E-state index is 1.23. The highest BCUT2D eigenvalue weighted by Crippen LogP contribution is 2.47. The van der Waals surface area contributed by atoms with Crippen LogP contribution in [0.25, 0.3) is 87.2 Å². The molecule has 0 saturated carbocycles.